The Balaban J connectivity index is 1.59. The molecule has 23 heavy (non-hydrogen) atoms. The lowest BCUT2D eigenvalue weighted by molar-refractivity contribution is -0.0926. The third-order valence-corrected chi connectivity index (χ3v) is 5.10. The number of likely N-dealkylation sites (N-methyl/N-ethyl adjacent to an activating group) is 1. The van der Waals surface area contributed by atoms with Crippen molar-refractivity contribution in [3.8, 4) is 0 Å². The Hall–Kier alpha value is -0.880. The first-order chi connectivity index (χ1) is 11.1. The molecule has 0 aliphatic carbocycles. The largest absolute Gasteiger partial charge is 0.468 e. The van der Waals surface area contributed by atoms with Gasteiger partial charge < -0.3 is 18.8 Å². The molecule has 2 saturated heterocycles. The van der Waals surface area contributed by atoms with E-state index in [1.54, 1.807) is 6.26 Å². The highest BCUT2D eigenvalue weighted by atomic mass is 16.6. The van der Waals surface area contributed by atoms with Crippen molar-refractivity contribution in [3.63, 3.8) is 0 Å². The molecule has 0 aromatic carbocycles. The third-order valence-electron chi connectivity index (χ3n) is 5.10. The predicted molar refractivity (Wildman–Crippen MR) is 89.4 cm³/mol. The summed E-state index contributed by atoms with van der Waals surface area (Å²) in [5.41, 5.74) is -0.147. The molecule has 0 N–H and O–H groups in total. The Morgan fingerprint density at radius 2 is 2.30 bits per heavy atom. The Labute approximate surface area is 139 Å². The molecule has 3 rings (SSSR count). The summed E-state index contributed by atoms with van der Waals surface area (Å²) in [6, 6.07) is 4.54. The first kappa shape index (κ1) is 17.0. The number of hydrogen-bond donors (Lipinski definition) is 0. The fraction of sp³-hybridized carbons (Fsp3) is 0.778. The van der Waals surface area contributed by atoms with Crippen molar-refractivity contribution >= 4 is 0 Å². The molecular weight excluding hydrogens is 292 g/mol. The van der Waals surface area contributed by atoms with Crippen LogP contribution in [-0.2, 0) is 16.0 Å². The van der Waals surface area contributed by atoms with Crippen molar-refractivity contribution < 1.29 is 13.9 Å². The zero-order valence-electron chi connectivity index (χ0n) is 14.7. The van der Waals surface area contributed by atoms with Gasteiger partial charge in [-0.15, -0.1) is 0 Å². The second-order valence-corrected chi connectivity index (χ2v) is 7.34. The summed E-state index contributed by atoms with van der Waals surface area (Å²) < 4.78 is 17.9. The average Bonchev–Trinajstić information content (AvgIpc) is 3.09. The van der Waals surface area contributed by atoms with E-state index in [-0.39, 0.29) is 5.60 Å². The van der Waals surface area contributed by atoms with E-state index in [2.05, 4.69) is 30.7 Å². The minimum absolute atomic E-state index is 0.147. The van der Waals surface area contributed by atoms with E-state index in [1.165, 1.54) is 0 Å². The van der Waals surface area contributed by atoms with Gasteiger partial charge in [-0.1, -0.05) is 0 Å². The minimum atomic E-state index is -0.147. The number of rotatable bonds is 5. The molecule has 1 aromatic heterocycles. The molecule has 2 aliphatic heterocycles. The molecule has 2 atom stereocenters. The molecule has 130 valence electrons. The maximum atomic E-state index is 6.50. The van der Waals surface area contributed by atoms with Crippen LogP contribution in [0.15, 0.2) is 22.8 Å². The first-order valence-corrected chi connectivity index (χ1v) is 8.77. The molecule has 0 unspecified atom stereocenters. The summed E-state index contributed by atoms with van der Waals surface area (Å²) in [4.78, 5) is 4.77. The van der Waals surface area contributed by atoms with Gasteiger partial charge in [0.2, 0.25) is 0 Å². The lowest BCUT2D eigenvalue weighted by atomic mass is 10.00. The van der Waals surface area contributed by atoms with E-state index >= 15 is 0 Å². The van der Waals surface area contributed by atoms with Crippen LogP contribution in [0.5, 0.6) is 0 Å². The first-order valence-electron chi connectivity index (χ1n) is 8.77. The number of ether oxygens (including phenoxy) is 2. The molecule has 2 aliphatic rings. The molecule has 1 spiro atoms. The van der Waals surface area contributed by atoms with Gasteiger partial charge in [0.05, 0.1) is 32.1 Å². The van der Waals surface area contributed by atoms with Crippen molar-refractivity contribution in [2.45, 2.75) is 51.0 Å². The molecule has 0 amide bonds. The summed E-state index contributed by atoms with van der Waals surface area (Å²) in [5.74, 6) is 1.01. The minimum Gasteiger partial charge on any atom is -0.468 e. The molecule has 0 saturated carbocycles. The summed E-state index contributed by atoms with van der Waals surface area (Å²) in [7, 11) is 2.17. The Kier molecular flexibility index (Phi) is 5.42. The Morgan fingerprint density at radius 3 is 3.04 bits per heavy atom. The zero-order valence-corrected chi connectivity index (χ0v) is 14.7. The van der Waals surface area contributed by atoms with Crippen LogP contribution < -0.4 is 0 Å². The van der Waals surface area contributed by atoms with Crippen molar-refractivity contribution in [3.05, 3.63) is 24.2 Å². The summed E-state index contributed by atoms with van der Waals surface area (Å²) in [6.07, 6.45) is 4.26. The second-order valence-electron chi connectivity index (χ2n) is 7.34. The standard InChI is InChI=1S/C18H30N2O3/c1-15(2)19(3)11-17-6-7-18(23-17)13-20(8-10-21-14-18)12-16-5-4-9-22-16/h4-5,9,15,17H,6-8,10-14H2,1-3H3/t17-,18-/m1/s1. The van der Waals surface area contributed by atoms with Crippen LogP contribution in [0.4, 0.5) is 0 Å². The lowest BCUT2D eigenvalue weighted by Crippen LogP contribution is -2.45. The van der Waals surface area contributed by atoms with E-state index in [9.17, 15) is 0 Å². The highest BCUT2D eigenvalue weighted by Crippen LogP contribution is 2.33. The van der Waals surface area contributed by atoms with E-state index in [0.29, 0.717) is 18.8 Å². The van der Waals surface area contributed by atoms with Crippen LogP contribution in [-0.4, -0.2) is 67.4 Å². The topological polar surface area (TPSA) is 38.1 Å². The predicted octanol–water partition coefficient (Wildman–Crippen LogP) is 2.37. The van der Waals surface area contributed by atoms with Gasteiger partial charge >= 0.3 is 0 Å². The van der Waals surface area contributed by atoms with Crippen LogP contribution in [0.3, 0.4) is 0 Å². The summed E-state index contributed by atoms with van der Waals surface area (Å²) in [6.45, 7) is 9.62. The van der Waals surface area contributed by atoms with E-state index < -0.39 is 0 Å². The zero-order chi connectivity index (χ0) is 16.3. The monoisotopic (exact) mass is 322 g/mol. The van der Waals surface area contributed by atoms with Gasteiger partial charge in [0, 0.05) is 25.7 Å². The van der Waals surface area contributed by atoms with Gasteiger partial charge in [0.1, 0.15) is 11.4 Å². The molecule has 0 bridgehead atoms. The highest BCUT2D eigenvalue weighted by Gasteiger charge is 2.43. The van der Waals surface area contributed by atoms with Crippen molar-refractivity contribution in [2.75, 3.05) is 39.9 Å². The lowest BCUT2D eigenvalue weighted by Gasteiger charge is -2.32. The quantitative estimate of drug-likeness (QED) is 0.832. The fourth-order valence-electron chi connectivity index (χ4n) is 3.52. The second kappa shape index (κ2) is 7.34. The number of furan rings is 1. The maximum absolute atomic E-state index is 6.50. The van der Waals surface area contributed by atoms with Gasteiger partial charge in [-0.05, 0) is 45.9 Å². The van der Waals surface area contributed by atoms with E-state index in [1.807, 2.05) is 12.1 Å². The van der Waals surface area contributed by atoms with Gasteiger partial charge in [0.15, 0.2) is 0 Å². The smallest absolute Gasteiger partial charge is 0.117 e. The number of hydrogen-bond acceptors (Lipinski definition) is 5. The SMILES string of the molecule is CC(C)N(C)C[C@H]1CC[C@@]2(COCCN(Cc3ccco3)C2)O1. The van der Waals surface area contributed by atoms with Crippen molar-refractivity contribution in [1.82, 2.24) is 9.80 Å². The average molecular weight is 322 g/mol. The fourth-order valence-corrected chi connectivity index (χ4v) is 3.52. The van der Waals surface area contributed by atoms with Crippen molar-refractivity contribution in [1.29, 1.82) is 0 Å². The highest BCUT2D eigenvalue weighted by molar-refractivity contribution is 5.00. The number of nitrogens with zero attached hydrogens (tertiary/aromatic N) is 2. The van der Waals surface area contributed by atoms with Gasteiger partial charge in [0.25, 0.3) is 0 Å². The Morgan fingerprint density at radius 1 is 1.43 bits per heavy atom. The van der Waals surface area contributed by atoms with Crippen LogP contribution in [0.25, 0.3) is 0 Å². The third kappa shape index (κ3) is 4.35. The van der Waals surface area contributed by atoms with Gasteiger partial charge in [-0.25, -0.2) is 0 Å². The van der Waals surface area contributed by atoms with E-state index in [4.69, 9.17) is 13.9 Å². The van der Waals surface area contributed by atoms with Crippen molar-refractivity contribution in [2.24, 2.45) is 0 Å². The molecule has 2 fully saturated rings. The molecule has 1 aromatic rings. The molecule has 0 radical (unpaired) electrons. The normalized spacial score (nSPS) is 29.7. The molecule has 5 nitrogen and oxygen atoms in total. The summed E-state index contributed by atoms with van der Waals surface area (Å²) >= 11 is 0. The van der Waals surface area contributed by atoms with Crippen LogP contribution in [0.2, 0.25) is 0 Å². The summed E-state index contributed by atoms with van der Waals surface area (Å²) in [5, 5.41) is 0. The van der Waals surface area contributed by atoms with Gasteiger partial charge in [-0.3, -0.25) is 4.90 Å². The van der Waals surface area contributed by atoms with Gasteiger partial charge in [-0.2, -0.15) is 0 Å². The Bertz CT molecular complexity index is 477. The maximum Gasteiger partial charge on any atom is 0.117 e. The van der Waals surface area contributed by atoms with Crippen LogP contribution in [0.1, 0.15) is 32.4 Å². The molecule has 5 heteroatoms. The molecular formula is C18H30N2O3. The van der Waals surface area contributed by atoms with Crippen LogP contribution in [0, 0.1) is 0 Å². The van der Waals surface area contributed by atoms with E-state index in [0.717, 1.165) is 51.4 Å². The van der Waals surface area contributed by atoms with Crippen LogP contribution >= 0.6 is 0 Å². The molecule has 3 heterocycles.